The standard InChI is InChI=1S/C18H21FN2O11/c1-4-27-16(25)29-8-21-10(22)5-6-20(15(21)24)13-11-12(31-17(26)30-11)18(19,32-13)7-28-14(23)9(2)3/h5-6,9,11-13H,4,7-8H2,1-3H3/t11-,12+,13-,18-/m1/s1. The van der Waals surface area contributed by atoms with Crippen molar-refractivity contribution in [3.05, 3.63) is 33.1 Å². The molecule has 2 aliphatic heterocycles. The number of hydrogen-bond donors (Lipinski definition) is 0. The second kappa shape index (κ2) is 8.98. The van der Waals surface area contributed by atoms with Crippen LogP contribution in [0, 0.1) is 5.92 Å². The van der Waals surface area contributed by atoms with Gasteiger partial charge in [0, 0.05) is 12.3 Å². The van der Waals surface area contributed by atoms with Crippen LogP contribution in [0.2, 0.25) is 0 Å². The molecule has 0 aromatic carbocycles. The summed E-state index contributed by atoms with van der Waals surface area (Å²) in [4.78, 5) is 59.6. The fourth-order valence-corrected chi connectivity index (χ4v) is 3.04. The maximum Gasteiger partial charge on any atom is 0.510 e. The molecule has 3 heterocycles. The highest BCUT2D eigenvalue weighted by Crippen LogP contribution is 2.44. The lowest BCUT2D eigenvalue weighted by Gasteiger charge is -2.24. The Morgan fingerprint density at radius 3 is 2.56 bits per heavy atom. The van der Waals surface area contributed by atoms with Gasteiger partial charge in [-0.15, -0.1) is 0 Å². The van der Waals surface area contributed by atoms with Gasteiger partial charge in [0.25, 0.3) is 11.4 Å². The summed E-state index contributed by atoms with van der Waals surface area (Å²) in [6, 6.07) is 0.933. The summed E-state index contributed by atoms with van der Waals surface area (Å²) in [7, 11) is 0. The van der Waals surface area contributed by atoms with E-state index in [4.69, 9.17) is 18.9 Å². The zero-order valence-corrected chi connectivity index (χ0v) is 17.3. The summed E-state index contributed by atoms with van der Waals surface area (Å²) in [5, 5.41) is 0. The van der Waals surface area contributed by atoms with Crippen molar-refractivity contribution in [2.45, 2.75) is 51.8 Å². The van der Waals surface area contributed by atoms with Crippen molar-refractivity contribution in [2.75, 3.05) is 13.2 Å². The van der Waals surface area contributed by atoms with Gasteiger partial charge in [0.1, 0.15) is 0 Å². The molecule has 1 aromatic heterocycles. The third kappa shape index (κ3) is 4.44. The van der Waals surface area contributed by atoms with E-state index >= 15 is 4.39 Å². The largest absolute Gasteiger partial charge is 0.510 e. The Hall–Kier alpha value is -3.42. The number of aromatic nitrogens is 2. The topological polar surface area (TPSA) is 151 Å². The molecule has 0 saturated carbocycles. The number of hydrogen-bond acceptors (Lipinski definition) is 11. The smallest absolute Gasteiger partial charge is 0.459 e. The summed E-state index contributed by atoms with van der Waals surface area (Å²) in [6.07, 6.45) is -5.98. The summed E-state index contributed by atoms with van der Waals surface area (Å²) in [5.74, 6) is -4.11. The predicted octanol–water partition coefficient (Wildman–Crippen LogP) is 0.438. The predicted molar refractivity (Wildman–Crippen MR) is 98.0 cm³/mol. The number of rotatable bonds is 7. The summed E-state index contributed by atoms with van der Waals surface area (Å²) in [5.41, 5.74) is -1.89. The minimum atomic E-state index is -2.83. The first-order valence-corrected chi connectivity index (χ1v) is 9.59. The SMILES string of the molecule is CCOC(=O)OCn1c(=O)ccn([C@@H]2O[C@](F)(COC(=O)C(C)C)[C@H]3OC(=O)O[C@@H]23)c1=O. The van der Waals surface area contributed by atoms with E-state index in [1.165, 1.54) is 20.8 Å². The van der Waals surface area contributed by atoms with Crippen molar-refractivity contribution in [1.82, 2.24) is 9.13 Å². The Morgan fingerprint density at radius 1 is 1.19 bits per heavy atom. The van der Waals surface area contributed by atoms with E-state index in [0.717, 1.165) is 16.8 Å². The van der Waals surface area contributed by atoms with Gasteiger partial charge in [-0.1, -0.05) is 13.8 Å². The molecule has 0 N–H and O–H groups in total. The van der Waals surface area contributed by atoms with Crippen molar-refractivity contribution < 1.29 is 47.2 Å². The van der Waals surface area contributed by atoms with Crippen LogP contribution in [0.15, 0.2) is 21.9 Å². The van der Waals surface area contributed by atoms with Gasteiger partial charge in [0.15, 0.2) is 25.7 Å². The Balaban J connectivity index is 1.88. The molecule has 3 rings (SSSR count). The monoisotopic (exact) mass is 460 g/mol. The molecule has 13 nitrogen and oxygen atoms in total. The van der Waals surface area contributed by atoms with Gasteiger partial charge in [-0.05, 0) is 6.92 Å². The first-order chi connectivity index (χ1) is 15.1. The van der Waals surface area contributed by atoms with Crippen molar-refractivity contribution in [1.29, 1.82) is 0 Å². The number of fused-ring (bicyclic) bond motifs is 1. The van der Waals surface area contributed by atoms with E-state index < -0.39 is 73.1 Å². The van der Waals surface area contributed by atoms with E-state index in [-0.39, 0.29) is 6.61 Å². The number of nitrogens with zero attached hydrogens (tertiary/aromatic N) is 2. The molecule has 2 fully saturated rings. The maximum absolute atomic E-state index is 15.5. The Bertz CT molecular complexity index is 1020. The quantitative estimate of drug-likeness (QED) is 0.412. The maximum atomic E-state index is 15.5. The Labute approximate surface area is 179 Å². The minimum absolute atomic E-state index is 0.0110. The van der Waals surface area contributed by atoms with Gasteiger partial charge >= 0.3 is 24.0 Å². The highest BCUT2D eigenvalue weighted by molar-refractivity contribution is 5.71. The molecule has 0 bridgehead atoms. The van der Waals surface area contributed by atoms with Gasteiger partial charge in [-0.2, -0.15) is 0 Å². The van der Waals surface area contributed by atoms with Crippen molar-refractivity contribution >= 4 is 18.3 Å². The summed E-state index contributed by atoms with van der Waals surface area (Å²) < 4.78 is 46.0. The second-order valence-electron chi connectivity index (χ2n) is 7.16. The molecule has 2 saturated heterocycles. The van der Waals surface area contributed by atoms with Gasteiger partial charge in [0.05, 0.1) is 12.5 Å². The third-order valence-electron chi connectivity index (χ3n) is 4.60. The fraction of sp³-hybridized carbons (Fsp3) is 0.611. The zero-order chi connectivity index (χ0) is 23.6. The molecule has 0 amide bonds. The molecular weight excluding hydrogens is 439 g/mol. The van der Waals surface area contributed by atoms with Gasteiger partial charge in [-0.3, -0.25) is 14.2 Å². The highest BCUT2D eigenvalue weighted by atomic mass is 19.2. The lowest BCUT2D eigenvalue weighted by atomic mass is 10.1. The lowest BCUT2D eigenvalue weighted by Crippen LogP contribution is -2.43. The van der Waals surface area contributed by atoms with Crippen LogP contribution in [0.5, 0.6) is 0 Å². The van der Waals surface area contributed by atoms with Crippen LogP contribution >= 0.6 is 0 Å². The number of halogens is 1. The molecule has 0 unspecified atom stereocenters. The van der Waals surface area contributed by atoms with E-state index in [9.17, 15) is 24.0 Å². The fourth-order valence-electron chi connectivity index (χ4n) is 3.04. The van der Waals surface area contributed by atoms with Crippen LogP contribution in [0.4, 0.5) is 14.0 Å². The molecule has 0 aliphatic carbocycles. The average Bonchev–Trinajstić information content (AvgIpc) is 3.23. The van der Waals surface area contributed by atoms with Gasteiger partial charge < -0.3 is 28.4 Å². The van der Waals surface area contributed by atoms with Gasteiger partial charge in [-0.25, -0.2) is 23.3 Å². The number of carbonyl (C=O) groups excluding carboxylic acids is 3. The van der Waals surface area contributed by atoms with Crippen LogP contribution in [0.3, 0.4) is 0 Å². The Kier molecular flexibility index (Phi) is 6.52. The first-order valence-electron chi connectivity index (χ1n) is 9.59. The third-order valence-corrected chi connectivity index (χ3v) is 4.60. The van der Waals surface area contributed by atoms with Crippen LogP contribution < -0.4 is 11.2 Å². The molecule has 0 radical (unpaired) electrons. The van der Waals surface area contributed by atoms with Crippen LogP contribution in [-0.2, 0) is 39.9 Å². The highest BCUT2D eigenvalue weighted by Gasteiger charge is 2.65. The normalized spacial score (nSPS) is 26.3. The zero-order valence-electron chi connectivity index (χ0n) is 17.3. The number of esters is 1. The van der Waals surface area contributed by atoms with E-state index in [0.29, 0.717) is 4.57 Å². The van der Waals surface area contributed by atoms with Crippen molar-refractivity contribution in [3.8, 4) is 0 Å². The van der Waals surface area contributed by atoms with E-state index in [2.05, 4.69) is 9.47 Å². The van der Waals surface area contributed by atoms with Crippen LogP contribution in [0.1, 0.15) is 27.0 Å². The number of ether oxygens (including phenoxy) is 6. The van der Waals surface area contributed by atoms with Crippen LogP contribution in [-0.4, -0.2) is 58.7 Å². The molecule has 14 heteroatoms. The van der Waals surface area contributed by atoms with Crippen LogP contribution in [0.25, 0.3) is 0 Å². The molecule has 4 atom stereocenters. The number of alkyl halides is 1. The summed E-state index contributed by atoms with van der Waals surface area (Å²) >= 11 is 0. The molecule has 1 aromatic rings. The number of carbonyl (C=O) groups is 3. The molecule has 176 valence electrons. The van der Waals surface area contributed by atoms with Crippen molar-refractivity contribution in [2.24, 2.45) is 5.92 Å². The van der Waals surface area contributed by atoms with E-state index in [1.807, 2.05) is 0 Å². The summed E-state index contributed by atoms with van der Waals surface area (Å²) in [6.45, 7) is 2.89. The molecule has 2 aliphatic rings. The lowest BCUT2D eigenvalue weighted by molar-refractivity contribution is -0.220. The molecule has 0 spiro atoms. The second-order valence-corrected chi connectivity index (χ2v) is 7.16. The minimum Gasteiger partial charge on any atom is -0.459 e. The van der Waals surface area contributed by atoms with E-state index in [1.54, 1.807) is 0 Å². The first kappa shape index (κ1) is 23.2. The molecular formula is C18H21FN2O11. The Morgan fingerprint density at radius 2 is 1.91 bits per heavy atom. The average molecular weight is 460 g/mol. The molecule has 32 heavy (non-hydrogen) atoms. The van der Waals surface area contributed by atoms with Crippen molar-refractivity contribution in [3.63, 3.8) is 0 Å². The van der Waals surface area contributed by atoms with Gasteiger partial charge in [0.2, 0.25) is 6.10 Å².